The summed E-state index contributed by atoms with van der Waals surface area (Å²) in [6, 6.07) is 6.10. The van der Waals surface area contributed by atoms with Gasteiger partial charge in [0.2, 0.25) is 5.95 Å². The molecular weight excluding hydrogens is 528 g/mol. The molecule has 6 nitrogen and oxygen atoms in total. The summed E-state index contributed by atoms with van der Waals surface area (Å²) in [7, 11) is 0. The molecule has 0 unspecified atom stereocenters. The van der Waals surface area contributed by atoms with Gasteiger partial charge < -0.3 is 20.3 Å². The number of halogens is 6. The predicted octanol–water partition coefficient (Wildman–Crippen LogP) is 5.62. The Morgan fingerprint density at radius 2 is 1.77 bits per heavy atom. The van der Waals surface area contributed by atoms with Crippen LogP contribution >= 0.6 is 0 Å². The lowest BCUT2D eigenvalue weighted by atomic mass is 9.77. The Morgan fingerprint density at radius 3 is 2.36 bits per heavy atom. The van der Waals surface area contributed by atoms with Crippen molar-refractivity contribution in [3.05, 3.63) is 59.0 Å². The maximum absolute atomic E-state index is 14.8. The summed E-state index contributed by atoms with van der Waals surface area (Å²) >= 11 is 0. The monoisotopic (exact) mass is 557 g/mol. The summed E-state index contributed by atoms with van der Waals surface area (Å²) in [6.45, 7) is 3.24. The second-order valence-electron chi connectivity index (χ2n) is 11.1. The van der Waals surface area contributed by atoms with E-state index in [1.807, 2.05) is 6.92 Å². The lowest BCUT2D eigenvalue weighted by molar-refractivity contribution is -0.136. The molecule has 0 bridgehead atoms. The van der Waals surface area contributed by atoms with Crippen molar-refractivity contribution >= 4 is 10.9 Å². The highest BCUT2D eigenvalue weighted by atomic mass is 19.4. The first-order valence-corrected chi connectivity index (χ1v) is 12.7. The van der Waals surface area contributed by atoms with E-state index in [0.29, 0.717) is 12.0 Å². The highest BCUT2D eigenvalue weighted by Crippen LogP contribution is 2.45. The highest BCUT2D eigenvalue weighted by Gasteiger charge is 2.44. The van der Waals surface area contributed by atoms with Gasteiger partial charge in [-0.1, -0.05) is 24.3 Å². The molecule has 2 aromatic carbocycles. The number of hydrogen-bond donors (Lipinski definition) is 3. The number of rotatable bonds is 6. The quantitative estimate of drug-likeness (QED) is 0.343. The van der Waals surface area contributed by atoms with Crippen LogP contribution < -0.4 is 10.1 Å². The minimum absolute atomic E-state index is 0.119. The van der Waals surface area contributed by atoms with Crippen LogP contribution in [0.4, 0.5) is 26.3 Å². The first kappa shape index (κ1) is 27.7. The van der Waals surface area contributed by atoms with E-state index in [2.05, 4.69) is 10.4 Å². The van der Waals surface area contributed by atoms with Crippen LogP contribution in [-0.2, 0) is 11.8 Å². The number of nitrogens with one attached hydrogen (secondary N) is 1. The Hall–Kier alpha value is -2.83. The predicted molar refractivity (Wildman–Crippen MR) is 130 cm³/mol. The van der Waals surface area contributed by atoms with Gasteiger partial charge in [0.25, 0.3) is 6.43 Å². The van der Waals surface area contributed by atoms with E-state index < -0.39 is 52.9 Å². The molecule has 1 saturated heterocycles. The number of hydrogen-bond acceptors (Lipinski definition) is 5. The summed E-state index contributed by atoms with van der Waals surface area (Å²) in [6.07, 6.45) is -6.75. The van der Waals surface area contributed by atoms with E-state index in [1.54, 1.807) is 6.92 Å². The van der Waals surface area contributed by atoms with Gasteiger partial charge in [0.15, 0.2) is 0 Å². The maximum atomic E-state index is 14.8. The molecule has 1 aliphatic carbocycles. The Bertz CT molecular complexity index is 1350. The number of benzene rings is 2. The van der Waals surface area contributed by atoms with E-state index in [9.17, 15) is 36.6 Å². The number of ether oxygens (including phenoxy) is 1. The van der Waals surface area contributed by atoms with Gasteiger partial charge in [-0.25, -0.2) is 8.78 Å². The van der Waals surface area contributed by atoms with Crippen LogP contribution in [0, 0.1) is 5.95 Å². The Kier molecular flexibility index (Phi) is 6.87. The van der Waals surface area contributed by atoms with E-state index in [0.717, 1.165) is 10.7 Å². The van der Waals surface area contributed by atoms with Crippen LogP contribution in [-0.4, -0.2) is 44.3 Å². The molecule has 1 aliphatic heterocycles. The summed E-state index contributed by atoms with van der Waals surface area (Å²) in [5.74, 6) is -1.28. The fourth-order valence-electron chi connectivity index (χ4n) is 5.90. The Morgan fingerprint density at radius 1 is 1.10 bits per heavy atom. The third-order valence-electron chi connectivity index (χ3n) is 7.63. The van der Waals surface area contributed by atoms with E-state index in [4.69, 9.17) is 4.74 Å². The zero-order valence-corrected chi connectivity index (χ0v) is 21.3. The molecule has 0 radical (unpaired) electrons. The van der Waals surface area contributed by atoms with Crippen molar-refractivity contribution < 1.29 is 41.3 Å². The summed E-state index contributed by atoms with van der Waals surface area (Å²) in [5, 5.41) is 28.0. The van der Waals surface area contributed by atoms with E-state index in [-0.39, 0.29) is 48.6 Å². The molecule has 12 heteroatoms. The van der Waals surface area contributed by atoms with Gasteiger partial charge in [0.05, 0.1) is 33.7 Å². The second-order valence-corrected chi connectivity index (χ2v) is 11.1. The number of aliphatic hydroxyl groups is 2. The number of aromatic nitrogens is 2. The van der Waals surface area contributed by atoms with Crippen molar-refractivity contribution in [2.45, 2.75) is 81.5 Å². The van der Waals surface area contributed by atoms with Gasteiger partial charge in [-0.15, -0.1) is 5.10 Å². The number of fused-ring (bicyclic) bond motifs is 1. The first-order chi connectivity index (χ1) is 18.1. The molecular formula is C27H29F6N3O3. The highest BCUT2D eigenvalue weighted by molar-refractivity contribution is 5.85. The van der Waals surface area contributed by atoms with Crippen molar-refractivity contribution in [1.29, 1.82) is 0 Å². The average Bonchev–Trinajstić information content (AvgIpc) is 3.15. The molecule has 3 atom stereocenters. The van der Waals surface area contributed by atoms with E-state index in [1.165, 1.54) is 30.3 Å². The molecule has 0 spiro atoms. The van der Waals surface area contributed by atoms with Crippen LogP contribution in [0.3, 0.4) is 0 Å². The van der Waals surface area contributed by atoms with Gasteiger partial charge >= 0.3 is 6.18 Å². The third kappa shape index (κ3) is 5.46. The minimum Gasteiger partial charge on any atom is -0.492 e. The lowest BCUT2D eigenvalue weighted by Crippen LogP contribution is -2.53. The lowest BCUT2D eigenvalue weighted by Gasteiger charge is -2.41. The summed E-state index contributed by atoms with van der Waals surface area (Å²) in [5.41, 5.74) is -3.62. The van der Waals surface area contributed by atoms with Crippen LogP contribution in [0.2, 0.25) is 0 Å². The van der Waals surface area contributed by atoms with E-state index >= 15 is 0 Å². The molecule has 3 N–H and O–H groups in total. The summed E-state index contributed by atoms with van der Waals surface area (Å²) in [4.78, 5) is 0. The maximum Gasteiger partial charge on any atom is 0.418 e. The zero-order valence-electron chi connectivity index (χ0n) is 21.3. The van der Waals surface area contributed by atoms with Crippen LogP contribution in [0.25, 0.3) is 10.9 Å². The fourth-order valence-corrected chi connectivity index (χ4v) is 5.90. The van der Waals surface area contributed by atoms with Crippen molar-refractivity contribution in [2.24, 2.45) is 0 Å². The largest absolute Gasteiger partial charge is 0.492 e. The number of piperidine rings is 1. The first-order valence-electron chi connectivity index (χ1n) is 12.7. The number of alkyl halides is 5. The van der Waals surface area contributed by atoms with Gasteiger partial charge in [0, 0.05) is 17.6 Å². The molecule has 39 heavy (non-hydrogen) atoms. The molecule has 1 saturated carbocycles. The molecule has 3 aromatic rings. The van der Waals surface area contributed by atoms with Gasteiger partial charge in [0.1, 0.15) is 12.4 Å². The van der Waals surface area contributed by atoms with Crippen molar-refractivity contribution in [3.63, 3.8) is 0 Å². The fraction of sp³-hybridized carbons (Fsp3) is 0.519. The zero-order chi connectivity index (χ0) is 28.3. The third-order valence-corrected chi connectivity index (χ3v) is 7.63. The standard InChI is InChI=1S/C27H29F6N3O3/c1-14-9-26(38,16-5-3-15(4-6-16)23(28)29)10-17(34-14)13-39-19-7-20-22(21(8-19)27(31,32)33)36(35-24(20)30)18-11-25(2,37)12-18/h3-8,14,17-18,23,34,37-38H,9-13H2,1-2H3/t14-,17-,18?,25?,26-/m0/s1. The second kappa shape index (κ2) is 9.67. The van der Waals surface area contributed by atoms with Crippen LogP contribution in [0.5, 0.6) is 5.75 Å². The molecule has 5 rings (SSSR count). The van der Waals surface area contributed by atoms with Crippen LogP contribution in [0.1, 0.15) is 68.7 Å². The Labute approximate surface area is 220 Å². The van der Waals surface area contributed by atoms with Crippen molar-refractivity contribution in [3.8, 4) is 5.75 Å². The van der Waals surface area contributed by atoms with Crippen molar-refractivity contribution in [2.75, 3.05) is 6.61 Å². The molecule has 0 amide bonds. The Balaban J connectivity index is 1.38. The SMILES string of the molecule is C[C@H]1C[C@@](O)(c2ccc(C(F)F)cc2)C[C@@H](COc2cc(C(F)(F)F)c3c(c2)c(F)nn3C2CC(C)(O)C2)N1. The average molecular weight is 558 g/mol. The topological polar surface area (TPSA) is 79.5 Å². The van der Waals surface area contributed by atoms with Gasteiger partial charge in [-0.2, -0.15) is 17.6 Å². The summed E-state index contributed by atoms with van der Waals surface area (Å²) < 4.78 is 89.6. The van der Waals surface area contributed by atoms with Crippen molar-refractivity contribution in [1.82, 2.24) is 15.1 Å². The number of nitrogens with zero attached hydrogens (tertiary/aromatic N) is 2. The normalized spacial score (nSPS) is 29.6. The molecule has 2 heterocycles. The molecule has 2 fully saturated rings. The van der Waals surface area contributed by atoms with Gasteiger partial charge in [-0.3, -0.25) is 4.68 Å². The minimum atomic E-state index is -4.82. The van der Waals surface area contributed by atoms with Gasteiger partial charge in [-0.05, 0) is 57.2 Å². The molecule has 1 aromatic heterocycles. The molecule has 2 aliphatic rings. The van der Waals surface area contributed by atoms with Crippen LogP contribution in [0.15, 0.2) is 36.4 Å². The smallest absolute Gasteiger partial charge is 0.418 e. The molecule has 212 valence electrons.